The molecule has 27 heavy (non-hydrogen) atoms. The number of H-pyrrole nitrogens is 1. The van der Waals surface area contributed by atoms with Crippen molar-refractivity contribution < 1.29 is 4.74 Å². The van der Waals surface area contributed by atoms with Gasteiger partial charge in [0.15, 0.2) is 11.5 Å². The fourth-order valence-electron chi connectivity index (χ4n) is 2.96. The number of fused-ring (bicyclic) bond motifs is 1. The molecule has 4 aromatic rings. The van der Waals surface area contributed by atoms with Gasteiger partial charge >= 0.3 is 0 Å². The maximum atomic E-state index is 5.12. The minimum Gasteiger partial charge on any atom is -0.378 e. The van der Waals surface area contributed by atoms with Crippen LogP contribution in [-0.4, -0.2) is 49.1 Å². The molecule has 0 unspecified atom stereocenters. The summed E-state index contributed by atoms with van der Waals surface area (Å²) in [6.45, 7) is 1.09. The summed E-state index contributed by atoms with van der Waals surface area (Å²) in [6.07, 6.45) is 5.28. The summed E-state index contributed by atoms with van der Waals surface area (Å²) in [4.78, 5) is 15.7. The first-order chi connectivity index (χ1) is 13.2. The van der Waals surface area contributed by atoms with Crippen molar-refractivity contribution in [1.29, 1.82) is 0 Å². The molecular weight excluding hydrogens is 344 g/mol. The number of methoxy groups -OCH3 is 1. The lowest BCUT2D eigenvalue weighted by Gasteiger charge is -2.18. The maximum absolute atomic E-state index is 5.12. The van der Waals surface area contributed by atoms with Crippen molar-refractivity contribution in [3.8, 4) is 11.4 Å². The first-order valence-electron chi connectivity index (χ1n) is 8.49. The van der Waals surface area contributed by atoms with Gasteiger partial charge < -0.3 is 9.64 Å². The largest absolute Gasteiger partial charge is 0.378 e. The molecular formula is C18H20N8O. The highest BCUT2D eigenvalue weighted by atomic mass is 16.5. The SMILES string of the molecule is COCc1cc(CN(C)c2nc(-c3cccnc3)nc3c2cnn3C)[nH]n1. The number of hydrogen-bond donors (Lipinski definition) is 1. The lowest BCUT2D eigenvalue weighted by molar-refractivity contribution is 0.181. The van der Waals surface area contributed by atoms with Gasteiger partial charge in [-0.3, -0.25) is 14.8 Å². The normalized spacial score (nSPS) is 11.2. The third-order valence-corrected chi connectivity index (χ3v) is 4.24. The van der Waals surface area contributed by atoms with Crippen molar-refractivity contribution in [2.24, 2.45) is 7.05 Å². The van der Waals surface area contributed by atoms with E-state index < -0.39 is 0 Å². The van der Waals surface area contributed by atoms with E-state index in [9.17, 15) is 0 Å². The molecule has 0 aromatic carbocycles. The molecule has 9 heteroatoms. The minimum atomic E-state index is 0.478. The Morgan fingerprint density at radius 2 is 2.15 bits per heavy atom. The second-order valence-electron chi connectivity index (χ2n) is 6.29. The van der Waals surface area contributed by atoms with Crippen LogP contribution in [0.2, 0.25) is 0 Å². The Balaban J connectivity index is 1.72. The van der Waals surface area contributed by atoms with Gasteiger partial charge in [0.05, 0.1) is 36.1 Å². The number of ether oxygens (including phenoxy) is 1. The number of hydrogen-bond acceptors (Lipinski definition) is 7. The van der Waals surface area contributed by atoms with Crippen LogP contribution in [-0.2, 0) is 24.9 Å². The summed E-state index contributed by atoms with van der Waals surface area (Å²) in [5, 5.41) is 12.5. The number of nitrogens with one attached hydrogen (secondary N) is 1. The summed E-state index contributed by atoms with van der Waals surface area (Å²) in [5.74, 6) is 1.42. The molecule has 138 valence electrons. The lowest BCUT2D eigenvalue weighted by Crippen LogP contribution is -2.19. The molecule has 0 saturated carbocycles. The van der Waals surface area contributed by atoms with E-state index in [0.29, 0.717) is 19.0 Å². The second kappa shape index (κ2) is 7.12. The van der Waals surface area contributed by atoms with Crippen LogP contribution in [0.3, 0.4) is 0 Å². The Labute approximate surface area is 156 Å². The van der Waals surface area contributed by atoms with E-state index in [1.807, 2.05) is 32.3 Å². The molecule has 0 bridgehead atoms. The number of nitrogens with zero attached hydrogens (tertiary/aromatic N) is 7. The van der Waals surface area contributed by atoms with Crippen LogP contribution in [0.5, 0.6) is 0 Å². The van der Waals surface area contributed by atoms with Crippen LogP contribution in [0.4, 0.5) is 5.82 Å². The number of aromatic amines is 1. The number of anilines is 1. The van der Waals surface area contributed by atoms with Crippen molar-refractivity contribution in [1.82, 2.24) is 34.9 Å². The van der Waals surface area contributed by atoms with Gasteiger partial charge in [-0.2, -0.15) is 10.2 Å². The smallest absolute Gasteiger partial charge is 0.165 e. The van der Waals surface area contributed by atoms with E-state index in [1.165, 1.54) is 0 Å². The van der Waals surface area contributed by atoms with Gasteiger partial charge in [-0.15, -0.1) is 0 Å². The van der Waals surface area contributed by atoms with Gasteiger partial charge in [-0.05, 0) is 18.2 Å². The van der Waals surface area contributed by atoms with Gasteiger partial charge in [0.25, 0.3) is 0 Å². The molecule has 0 spiro atoms. The van der Waals surface area contributed by atoms with E-state index >= 15 is 0 Å². The highest BCUT2D eigenvalue weighted by Gasteiger charge is 2.17. The lowest BCUT2D eigenvalue weighted by atomic mass is 10.2. The molecule has 4 aromatic heterocycles. The van der Waals surface area contributed by atoms with Gasteiger partial charge in [-0.25, -0.2) is 9.97 Å². The van der Waals surface area contributed by atoms with Gasteiger partial charge in [0.1, 0.15) is 5.82 Å². The summed E-state index contributed by atoms with van der Waals surface area (Å²) < 4.78 is 6.87. The number of rotatable bonds is 6. The van der Waals surface area contributed by atoms with E-state index in [1.54, 1.807) is 30.4 Å². The number of pyridine rings is 1. The van der Waals surface area contributed by atoms with Gasteiger partial charge in [-0.1, -0.05) is 0 Å². The number of aryl methyl sites for hydroxylation is 1. The predicted molar refractivity (Wildman–Crippen MR) is 101 cm³/mol. The highest BCUT2D eigenvalue weighted by molar-refractivity contribution is 5.88. The van der Waals surface area contributed by atoms with E-state index in [2.05, 4.69) is 30.2 Å². The van der Waals surface area contributed by atoms with Crippen molar-refractivity contribution in [2.45, 2.75) is 13.2 Å². The van der Waals surface area contributed by atoms with E-state index in [-0.39, 0.29) is 0 Å². The molecule has 0 aliphatic rings. The van der Waals surface area contributed by atoms with Crippen molar-refractivity contribution in [2.75, 3.05) is 19.1 Å². The molecule has 4 rings (SSSR count). The molecule has 9 nitrogen and oxygen atoms in total. The summed E-state index contributed by atoms with van der Waals surface area (Å²) in [5.41, 5.74) is 3.48. The molecule has 0 atom stereocenters. The first-order valence-corrected chi connectivity index (χ1v) is 8.49. The van der Waals surface area contributed by atoms with Crippen LogP contribution < -0.4 is 4.90 Å². The molecule has 0 radical (unpaired) electrons. The molecule has 0 aliphatic carbocycles. The maximum Gasteiger partial charge on any atom is 0.165 e. The van der Waals surface area contributed by atoms with Crippen LogP contribution in [0, 0.1) is 0 Å². The molecule has 0 amide bonds. The zero-order chi connectivity index (χ0) is 18.8. The van der Waals surface area contributed by atoms with Crippen LogP contribution in [0.25, 0.3) is 22.4 Å². The molecule has 1 N–H and O–H groups in total. The van der Waals surface area contributed by atoms with Crippen molar-refractivity contribution >= 4 is 16.9 Å². The predicted octanol–water partition coefficient (Wildman–Crippen LogP) is 1.93. The van der Waals surface area contributed by atoms with Gasteiger partial charge in [0, 0.05) is 39.2 Å². The van der Waals surface area contributed by atoms with E-state index in [0.717, 1.165) is 33.8 Å². The Morgan fingerprint density at radius 3 is 2.93 bits per heavy atom. The summed E-state index contributed by atoms with van der Waals surface area (Å²) in [7, 11) is 5.51. The fraction of sp³-hybridized carbons (Fsp3) is 0.278. The third kappa shape index (κ3) is 3.36. The second-order valence-corrected chi connectivity index (χ2v) is 6.29. The summed E-state index contributed by atoms with van der Waals surface area (Å²) >= 11 is 0. The Morgan fingerprint density at radius 1 is 1.26 bits per heavy atom. The average molecular weight is 364 g/mol. The summed E-state index contributed by atoms with van der Waals surface area (Å²) in [6, 6.07) is 5.81. The average Bonchev–Trinajstić information content (AvgIpc) is 3.29. The fourth-order valence-corrected chi connectivity index (χ4v) is 2.96. The highest BCUT2D eigenvalue weighted by Crippen LogP contribution is 2.27. The van der Waals surface area contributed by atoms with Crippen molar-refractivity contribution in [3.63, 3.8) is 0 Å². The minimum absolute atomic E-state index is 0.478. The van der Waals surface area contributed by atoms with Crippen LogP contribution >= 0.6 is 0 Å². The Bertz CT molecular complexity index is 1060. The first kappa shape index (κ1) is 17.1. The zero-order valence-electron chi connectivity index (χ0n) is 15.4. The molecule has 4 heterocycles. The third-order valence-electron chi connectivity index (χ3n) is 4.24. The van der Waals surface area contributed by atoms with Crippen LogP contribution in [0.15, 0.2) is 36.8 Å². The van der Waals surface area contributed by atoms with Crippen molar-refractivity contribution in [3.05, 3.63) is 48.2 Å². The van der Waals surface area contributed by atoms with Crippen LogP contribution in [0.1, 0.15) is 11.4 Å². The topological polar surface area (TPSA) is 97.6 Å². The van der Waals surface area contributed by atoms with Gasteiger partial charge in [0.2, 0.25) is 0 Å². The monoisotopic (exact) mass is 364 g/mol. The van der Waals surface area contributed by atoms with E-state index in [4.69, 9.17) is 9.72 Å². The molecule has 0 aliphatic heterocycles. The quantitative estimate of drug-likeness (QED) is 0.558. The Hall–Kier alpha value is -3.33. The zero-order valence-corrected chi connectivity index (χ0v) is 15.4. The molecule has 0 fully saturated rings. The Kier molecular flexibility index (Phi) is 4.51. The standard InChI is InChI=1S/C18H20N8O/c1-25(10-13-7-14(11-27-3)24-23-13)17-15-9-20-26(2)18(15)22-16(21-17)12-5-4-6-19-8-12/h4-9H,10-11H2,1-3H3,(H,23,24). The number of aromatic nitrogens is 7. The molecule has 0 saturated heterocycles.